The van der Waals surface area contributed by atoms with Gasteiger partial charge in [0.2, 0.25) is 5.88 Å². The van der Waals surface area contributed by atoms with E-state index < -0.39 is 23.0 Å². The predicted octanol–water partition coefficient (Wildman–Crippen LogP) is 1.96. The lowest BCUT2D eigenvalue weighted by Gasteiger charge is -2.34. The molecule has 1 fully saturated rings. The zero-order valence-corrected chi connectivity index (χ0v) is 15.7. The number of aromatic hydroxyl groups is 1. The molecular weight excluding hydrogens is 394 g/mol. The summed E-state index contributed by atoms with van der Waals surface area (Å²) in [5.74, 6) is -1.25. The number of fused-ring (bicyclic) bond motifs is 1. The summed E-state index contributed by atoms with van der Waals surface area (Å²) in [4.78, 5) is 24.8. The van der Waals surface area contributed by atoms with Gasteiger partial charge in [-0.25, -0.2) is 4.79 Å². The van der Waals surface area contributed by atoms with Gasteiger partial charge >= 0.3 is 5.97 Å². The molecule has 1 aliphatic rings. The van der Waals surface area contributed by atoms with Crippen LogP contribution in [0.15, 0.2) is 15.5 Å². The van der Waals surface area contributed by atoms with Crippen LogP contribution in [-0.2, 0) is 16.0 Å². The Morgan fingerprint density at radius 2 is 2.16 bits per heavy atom. The minimum Gasteiger partial charge on any atom is -0.494 e. The number of nitrogens with zero attached hydrogens (tertiary/aromatic N) is 3. The molecule has 8 nitrogen and oxygen atoms in total. The van der Waals surface area contributed by atoms with E-state index in [1.807, 2.05) is 0 Å². The van der Waals surface area contributed by atoms with Crippen LogP contribution in [0.1, 0.15) is 37.0 Å². The predicted molar refractivity (Wildman–Crippen MR) is 92.9 cm³/mol. The van der Waals surface area contributed by atoms with Crippen molar-refractivity contribution in [1.82, 2.24) is 14.2 Å². The average Bonchev–Trinajstić information content (AvgIpc) is 2.95. The maximum absolute atomic E-state index is 12.6. The number of ether oxygens (including phenoxy) is 2. The Labute approximate surface area is 152 Å². The molecule has 3 rings (SSSR count). The molecule has 136 valence electrons. The standard InChI is InChI=1S/C16H20BrN3O5/c1-3-25-15(23)12-13(21)19(9-16(2)4-6-24-7-5-16)11-8-10(17)18-20(11)14(12)22/h8,21H,3-7,9H2,1-2H3. The maximum atomic E-state index is 12.6. The third kappa shape index (κ3) is 3.30. The molecule has 0 amide bonds. The number of aromatic nitrogens is 3. The Bertz CT molecular complexity index is 867. The molecule has 0 spiro atoms. The first-order valence-electron chi connectivity index (χ1n) is 8.12. The van der Waals surface area contributed by atoms with Crippen LogP contribution in [0.2, 0.25) is 0 Å². The van der Waals surface area contributed by atoms with E-state index in [0.29, 0.717) is 30.0 Å². The zero-order chi connectivity index (χ0) is 18.2. The van der Waals surface area contributed by atoms with Crippen LogP contribution in [-0.4, -0.2) is 45.1 Å². The van der Waals surface area contributed by atoms with E-state index in [1.54, 1.807) is 17.6 Å². The van der Waals surface area contributed by atoms with Gasteiger partial charge in [0, 0.05) is 25.8 Å². The molecule has 0 aliphatic carbocycles. The first kappa shape index (κ1) is 17.9. The normalized spacial score (nSPS) is 16.9. The maximum Gasteiger partial charge on any atom is 0.349 e. The van der Waals surface area contributed by atoms with E-state index in [9.17, 15) is 14.7 Å². The minimum atomic E-state index is -0.857. The molecule has 0 radical (unpaired) electrons. The van der Waals surface area contributed by atoms with E-state index in [4.69, 9.17) is 9.47 Å². The molecule has 0 aromatic carbocycles. The topological polar surface area (TPSA) is 95.1 Å². The van der Waals surface area contributed by atoms with Gasteiger partial charge in [-0.1, -0.05) is 6.92 Å². The zero-order valence-electron chi connectivity index (χ0n) is 14.1. The van der Waals surface area contributed by atoms with Gasteiger partial charge < -0.3 is 14.6 Å². The largest absolute Gasteiger partial charge is 0.494 e. The Kier molecular flexibility index (Phi) is 4.88. The molecule has 0 bridgehead atoms. The molecule has 3 heterocycles. The summed E-state index contributed by atoms with van der Waals surface area (Å²) in [7, 11) is 0. The number of esters is 1. The third-order valence-corrected chi connectivity index (χ3v) is 4.93. The SMILES string of the molecule is CCOC(=O)c1c(O)n(CC2(C)CCOCC2)c2cc(Br)nn2c1=O. The molecule has 2 aromatic rings. The number of hydrogen-bond acceptors (Lipinski definition) is 6. The van der Waals surface area contributed by atoms with Gasteiger partial charge in [0.25, 0.3) is 5.56 Å². The van der Waals surface area contributed by atoms with Gasteiger partial charge in [0.05, 0.1) is 6.61 Å². The summed E-state index contributed by atoms with van der Waals surface area (Å²) in [6.07, 6.45) is 1.63. The van der Waals surface area contributed by atoms with Crippen LogP contribution in [0.3, 0.4) is 0 Å². The highest BCUT2D eigenvalue weighted by atomic mass is 79.9. The second-order valence-corrected chi connectivity index (χ2v) is 7.28. The van der Waals surface area contributed by atoms with E-state index in [1.165, 1.54) is 0 Å². The number of halogens is 1. The Morgan fingerprint density at radius 3 is 2.80 bits per heavy atom. The molecule has 0 atom stereocenters. The second-order valence-electron chi connectivity index (χ2n) is 6.47. The first-order valence-corrected chi connectivity index (χ1v) is 8.91. The van der Waals surface area contributed by atoms with Crippen molar-refractivity contribution in [3.05, 3.63) is 26.6 Å². The van der Waals surface area contributed by atoms with E-state index in [0.717, 1.165) is 17.4 Å². The molecule has 1 saturated heterocycles. The van der Waals surface area contributed by atoms with Crippen LogP contribution in [0, 0.1) is 5.41 Å². The highest BCUT2D eigenvalue weighted by molar-refractivity contribution is 9.10. The van der Waals surface area contributed by atoms with Gasteiger partial charge in [-0.2, -0.15) is 9.61 Å². The van der Waals surface area contributed by atoms with Crippen LogP contribution in [0.4, 0.5) is 0 Å². The number of hydrogen-bond donors (Lipinski definition) is 1. The van der Waals surface area contributed by atoms with Crippen molar-refractivity contribution in [2.24, 2.45) is 5.41 Å². The summed E-state index contributed by atoms with van der Waals surface area (Å²) >= 11 is 3.25. The molecule has 1 N–H and O–H groups in total. The van der Waals surface area contributed by atoms with E-state index in [2.05, 4.69) is 28.0 Å². The van der Waals surface area contributed by atoms with Crippen molar-refractivity contribution in [3.8, 4) is 5.88 Å². The second kappa shape index (κ2) is 6.80. The summed E-state index contributed by atoms with van der Waals surface area (Å²) in [6, 6.07) is 1.64. The molecule has 25 heavy (non-hydrogen) atoms. The van der Waals surface area contributed by atoms with Crippen LogP contribution < -0.4 is 5.56 Å². The van der Waals surface area contributed by atoms with Crippen molar-refractivity contribution >= 4 is 27.5 Å². The monoisotopic (exact) mass is 413 g/mol. The summed E-state index contributed by atoms with van der Waals surface area (Å²) in [5.41, 5.74) is -0.825. The minimum absolute atomic E-state index is 0.105. The molecule has 0 saturated carbocycles. The average molecular weight is 414 g/mol. The van der Waals surface area contributed by atoms with Gasteiger partial charge in [-0.15, -0.1) is 0 Å². The summed E-state index contributed by atoms with van der Waals surface area (Å²) in [6.45, 7) is 5.55. The Balaban J connectivity index is 2.19. The molecular formula is C16H20BrN3O5. The van der Waals surface area contributed by atoms with E-state index >= 15 is 0 Å². The summed E-state index contributed by atoms with van der Waals surface area (Å²) < 4.78 is 13.4. The lowest BCUT2D eigenvalue weighted by molar-refractivity contribution is 0.0147. The number of carbonyl (C=O) groups excluding carboxylic acids is 1. The van der Waals surface area contributed by atoms with Crippen LogP contribution >= 0.6 is 15.9 Å². The lowest BCUT2D eigenvalue weighted by Crippen LogP contribution is -2.34. The fourth-order valence-corrected chi connectivity index (χ4v) is 3.44. The Hall–Kier alpha value is -1.87. The van der Waals surface area contributed by atoms with E-state index in [-0.39, 0.29) is 12.0 Å². The summed E-state index contributed by atoms with van der Waals surface area (Å²) in [5, 5.41) is 14.8. The lowest BCUT2D eigenvalue weighted by atomic mass is 9.82. The molecule has 9 heteroatoms. The van der Waals surface area contributed by atoms with Crippen molar-refractivity contribution in [1.29, 1.82) is 0 Å². The molecule has 0 unspecified atom stereocenters. The van der Waals surface area contributed by atoms with Crippen molar-refractivity contribution in [2.75, 3.05) is 19.8 Å². The highest BCUT2D eigenvalue weighted by Crippen LogP contribution is 2.34. The van der Waals surface area contributed by atoms with Crippen LogP contribution in [0.5, 0.6) is 5.88 Å². The van der Waals surface area contributed by atoms with Gasteiger partial charge in [0.15, 0.2) is 5.56 Å². The fourth-order valence-electron chi connectivity index (χ4n) is 3.07. The molecule has 1 aliphatic heterocycles. The van der Waals surface area contributed by atoms with Gasteiger partial charge in [0.1, 0.15) is 10.3 Å². The highest BCUT2D eigenvalue weighted by Gasteiger charge is 2.32. The quantitative estimate of drug-likeness (QED) is 0.769. The van der Waals surface area contributed by atoms with Crippen LogP contribution in [0.25, 0.3) is 5.65 Å². The van der Waals surface area contributed by atoms with Crippen molar-refractivity contribution in [3.63, 3.8) is 0 Å². The number of carbonyl (C=O) groups is 1. The number of rotatable bonds is 4. The smallest absolute Gasteiger partial charge is 0.349 e. The fraction of sp³-hybridized carbons (Fsp3) is 0.562. The van der Waals surface area contributed by atoms with Gasteiger partial charge in [-0.3, -0.25) is 9.36 Å². The van der Waals surface area contributed by atoms with Crippen molar-refractivity contribution in [2.45, 2.75) is 33.2 Å². The Morgan fingerprint density at radius 1 is 1.48 bits per heavy atom. The molecule has 2 aromatic heterocycles. The first-order chi connectivity index (χ1) is 11.9. The van der Waals surface area contributed by atoms with Crippen molar-refractivity contribution < 1.29 is 19.4 Å². The van der Waals surface area contributed by atoms with Gasteiger partial charge in [-0.05, 0) is 41.1 Å². The third-order valence-electron chi connectivity index (χ3n) is 4.54.